The number of rotatable bonds is 5. The zero-order valence-corrected chi connectivity index (χ0v) is 15.7. The third-order valence-electron chi connectivity index (χ3n) is 3.56. The molecular formula is C18H16ClFN2O3S. The number of carbonyl (C=O) groups is 2. The number of carbonyl (C=O) groups excluding carboxylic acids is 2. The summed E-state index contributed by atoms with van der Waals surface area (Å²) in [6.07, 6.45) is -0.277. The molecule has 2 aromatic heterocycles. The molecule has 0 bridgehead atoms. The van der Waals surface area contributed by atoms with E-state index in [1.807, 2.05) is 11.4 Å². The monoisotopic (exact) mass is 394 g/mol. The summed E-state index contributed by atoms with van der Waals surface area (Å²) in [6, 6.07) is 7.54. The van der Waals surface area contributed by atoms with Gasteiger partial charge in [-0.25, -0.2) is 9.18 Å². The van der Waals surface area contributed by atoms with E-state index >= 15 is 0 Å². The number of hydrogen-bond donors (Lipinski definition) is 1. The van der Waals surface area contributed by atoms with Gasteiger partial charge in [-0.2, -0.15) is 0 Å². The van der Waals surface area contributed by atoms with E-state index in [0.29, 0.717) is 0 Å². The Morgan fingerprint density at radius 2 is 2.08 bits per heavy atom. The highest BCUT2D eigenvalue weighted by molar-refractivity contribution is 7.16. The summed E-state index contributed by atoms with van der Waals surface area (Å²) >= 11 is 7.12. The lowest BCUT2D eigenvalue weighted by Crippen LogP contribution is -2.23. The van der Waals surface area contributed by atoms with Gasteiger partial charge in [-0.05, 0) is 49.6 Å². The molecule has 0 aliphatic carbocycles. The lowest BCUT2D eigenvalue weighted by molar-refractivity contribution is -0.116. The molecule has 0 fully saturated rings. The molecule has 0 aliphatic rings. The number of halogens is 2. The molecular weight excluding hydrogens is 379 g/mol. The van der Waals surface area contributed by atoms with Crippen molar-refractivity contribution in [3.05, 3.63) is 52.2 Å². The van der Waals surface area contributed by atoms with E-state index in [2.05, 4.69) is 5.32 Å². The van der Waals surface area contributed by atoms with Crippen LogP contribution in [-0.4, -0.2) is 22.5 Å². The molecule has 1 aromatic carbocycles. The predicted molar refractivity (Wildman–Crippen MR) is 100 cm³/mol. The van der Waals surface area contributed by atoms with Crippen molar-refractivity contribution in [2.24, 2.45) is 0 Å². The number of nitrogens with zero attached hydrogens (tertiary/aromatic N) is 1. The summed E-state index contributed by atoms with van der Waals surface area (Å²) in [4.78, 5) is 25.5. The average molecular weight is 395 g/mol. The van der Waals surface area contributed by atoms with Crippen molar-refractivity contribution >= 4 is 50.7 Å². The number of fused-ring (bicyclic) bond motifs is 1. The van der Waals surface area contributed by atoms with Gasteiger partial charge in [-0.1, -0.05) is 11.6 Å². The van der Waals surface area contributed by atoms with Crippen LogP contribution in [0.2, 0.25) is 5.02 Å². The fourth-order valence-corrected chi connectivity index (χ4v) is 3.56. The third kappa shape index (κ3) is 3.89. The fourth-order valence-electron chi connectivity index (χ4n) is 2.50. The van der Waals surface area contributed by atoms with Gasteiger partial charge in [0.05, 0.1) is 11.8 Å². The van der Waals surface area contributed by atoms with Gasteiger partial charge in [0.25, 0.3) is 0 Å². The Balaban J connectivity index is 1.86. The van der Waals surface area contributed by atoms with Crippen LogP contribution in [0.3, 0.4) is 0 Å². The second kappa shape index (κ2) is 7.47. The van der Waals surface area contributed by atoms with Gasteiger partial charge in [0.2, 0.25) is 5.91 Å². The van der Waals surface area contributed by atoms with Gasteiger partial charge in [-0.15, -0.1) is 11.3 Å². The van der Waals surface area contributed by atoms with Crippen LogP contribution in [0, 0.1) is 5.82 Å². The first-order chi connectivity index (χ1) is 12.3. The summed E-state index contributed by atoms with van der Waals surface area (Å²) in [5, 5.41) is 5.45. The van der Waals surface area contributed by atoms with Crippen LogP contribution < -0.4 is 5.32 Å². The van der Waals surface area contributed by atoms with Crippen molar-refractivity contribution < 1.29 is 18.7 Å². The van der Waals surface area contributed by atoms with Crippen LogP contribution in [0.5, 0.6) is 0 Å². The summed E-state index contributed by atoms with van der Waals surface area (Å²) in [5.41, 5.74) is 0.313. The van der Waals surface area contributed by atoms with E-state index in [1.54, 1.807) is 24.5 Å². The quantitative estimate of drug-likeness (QED) is 0.638. The maximum atomic E-state index is 13.9. The summed E-state index contributed by atoms with van der Waals surface area (Å²) < 4.78 is 20.7. The maximum absolute atomic E-state index is 13.9. The molecule has 5 nitrogen and oxygen atoms in total. The number of hydrogen-bond acceptors (Lipinski definition) is 4. The number of benzene rings is 1. The minimum atomic E-state index is -0.626. The third-order valence-corrected chi connectivity index (χ3v) is 4.75. The SMILES string of the molecule is CC(C)OC(=O)c1cc2ccsc2n1CC(=O)Nc1ccc(Cl)cc1F. The lowest BCUT2D eigenvalue weighted by atomic mass is 10.3. The van der Waals surface area contributed by atoms with E-state index in [-0.39, 0.29) is 29.1 Å². The Labute approximate surface area is 158 Å². The van der Waals surface area contributed by atoms with E-state index in [9.17, 15) is 14.0 Å². The largest absolute Gasteiger partial charge is 0.458 e. The molecule has 0 unspecified atom stereocenters. The number of esters is 1. The first kappa shape index (κ1) is 18.4. The maximum Gasteiger partial charge on any atom is 0.355 e. The predicted octanol–water partition coefficient (Wildman–Crippen LogP) is 4.70. The molecule has 0 saturated heterocycles. The van der Waals surface area contributed by atoms with Gasteiger partial charge >= 0.3 is 5.97 Å². The Bertz CT molecular complexity index is 980. The van der Waals surface area contributed by atoms with Crippen molar-refractivity contribution in [1.29, 1.82) is 0 Å². The van der Waals surface area contributed by atoms with Crippen LogP contribution in [0.4, 0.5) is 10.1 Å². The molecule has 8 heteroatoms. The Morgan fingerprint density at radius 1 is 1.31 bits per heavy atom. The number of aromatic nitrogens is 1. The molecule has 0 spiro atoms. The first-order valence-corrected chi connectivity index (χ1v) is 9.13. The van der Waals surface area contributed by atoms with E-state index in [0.717, 1.165) is 16.3 Å². The van der Waals surface area contributed by atoms with Gasteiger partial charge in [0.1, 0.15) is 22.9 Å². The number of amides is 1. The second-order valence-electron chi connectivity index (χ2n) is 5.92. The normalized spacial score (nSPS) is 11.1. The molecule has 3 rings (SSSR count). The van der Waals surface area contributed by atoms with Crippen LogP contribution in [0.15, 0.2) is 35.7 Å². The second-order valence-corrected chi connectivity index (χ2v) is 7.25. The Morgan fingerprint density at radius 3 is 2.77 bits per heavy atom. The molecule has 3 aromatic rings. The van der Waals surface area contributed by atoms with Gasteiger partial charge in [-0.3, -0.25) is 4.79 Å². The summed E-state index contributed by atoms with van der Waals surface area (Å²) in [5.74, 6) is -1.59. The lowest BCUT2D eigenvalue weighted by Gasteiger charge is -2.12. The van der Waals surface area contributed by atoms with Gasteiger partial charge in [0.15, 0.2) is 0 Å². The van der Waals surface area contributed by atoms with Crippen molar-refractivity contribution in [2.75, 3.05) is 5.32 Å². The van der Waals surface area contributed by atoms with Gasteiger partial charge in [0, 0.05) is 10.4 Å². The average Bonchev–Trinajstić information content (AvgIpc) is 3.12. The smallest absolute Gasteiger partial charge is 0.355 e. The first-order valence-electron chi connectivity index (χ1n) is 7.87. The van der Waals surface area contributed by atoms with Crippen LogP contribution >= 0.6 is 22.9 Å². The highest BCUT2D eigenvalue weighted by Crippen LogP contribution is 2.26. The van der Waals surface area contributed by atoms with Crippen molar-refractivity contribution in [1.82, 2.24) is 4.57 Å². The minimum absolute atomic E-state index is 0.0280. The topological polar surface area (TPSA) is 60.3 Å². The van der Waals surface area contributed by atoms with Crippen molar-refractivity contribution in [3.8, 4) is 0 Å². The number of ether oxygens (including phenoxy) is 1. The molecule has 0 radical (unpaired) electrons. The number of anilines is 1. The van der Waals surface area contributed by atoms with E-state index in [1.165, 1.54) is 23.5 Å². The number of nitrogens with one attached hydrogen (secondary N) is 1. The van der Waals surface area contributed by atoms with Crippen LogP contribution in [-0.2, 0) is 16.1 Å². The molecule has 0 aliphatic heterocycles. The summed E-state index contributed by atoms with van der Waals surface area (Å²) in [7, 11) is 0. The van der Waals surface area contributed by atoms with Crippen molar-refractivity contribution in [3.63, 3.8) is 0 Å². The molecule has 1 N–H and O–H groups in total. The highest BCUT2D eigenvalue weighted by atomic mass is 35.5. The van der Waals surface area contributed by atoms with Crippen LogP contribution in [0.25, 0.3) is 10.2 Å². The summed E-state index contributed by atoms with van der Waals surface area (Å²) in [6.45, 7) is 3.36. The molecule has 2 heterocycles. The minimum Gasteiger partial charge on any atom is -0.458 e. The molecule has 136 valence electrons. The zero-order chi connectivity index (χ0) is 18.8. The van der Waals surface area contributed by atoms with Crippen LogP contribution in [0.1, 0.15) is 24.3 Å². The number of thiophene rings is 1. The molecule has 0 saturated carbocycles. The zero-order valence-electron chi connectivity index (χ0n) is 14.1. The molecule has 0 atom stereocenters. The fraction of sp³-hybridized carbons (Fsp3) is 0.222. The molecule has 1 amide bonds. The standard InChI is InChI=1S/C18H16ClFN2O3S/c1-10(2)25-18(24)15-7-11-5-6-26-17(11)22(15)9-16(23)21-14-4-3-12(19)8-13(14)20/h3-8,10H,9H2,1-2H3,(H,21,23). The van der Waals surface area contributed by atoms with Gasteiger partial charge < -0.3 is 14.6 Å². The van der Waals surface area contributed by atoms with Crippen molar-refractivity contribution in [2.45, 2.75) is 26.5 Å². The Hall–Kier alpha value is -2.38. The Kier molecular flexibility index (Phi) is 5.29. The van der Waals surface area contributed by atoms with E-state index in [4.69, 9.17) is 16.3 Å². The highest BCUT2D eigenvalue weighted by Gasteiger charge is 2.21. The van der Waals surface area contributed by atoms with E-state index < -0.39 is 17.7 Å². The molecule has 26 heavy (non-hydrogen) atoms.